The second-order valence-electron chi connectivity index (χ2n) is 4.70. The molecule has 2 aromatic carbocycles. The lowest BCUT2D eigenvalue weighted by atomic mass is 10.1. The van der Waals surface area contributed by atoms with Crippen LogP contribution in [-0.4, -0.2) is 32.6 Å². The molecule has 0 bridgehead atoms. The summed E-state index contributed by atoms with van der Waals surface area (Å²) in [5.74, 6) is -1.09. The predicted molar refractivity (Wildman–Crippen MR) is 85.6 cm³/mol. The normalized spacial score (nSPS) is 10.2. The van der Waals surface area contributed by atoms with Gasteiger partial charge in [-0.3, -0.25) is 4.79 Å². The van der Waals surface area contributed by atoms with Crippen LogP contribution in [0, 0.1) is 5.82 Å². The predicted octanol–water partition coefficient (Wildman–Crippen LogP) is 3.54. The third-order valence-corrected chi connectivity index (χ3v) is 3.45. The molecular weight excluding hydrogens is 339 g/mol. The minimum absolute atomic E-state index is 0.115. The second-order valence-corrected chi connectivity index (χ2v) is 5.11. The summed E-state index contributed by atoms with van der Waals surface area (Å²) in [6, 6.07) is 7.70. The number of ketones is 1. The van der Waals surface area contributed by atoms with E-state index >= 15 is 0 Å². The summed E-state index contributed by atoms with van der Waals surface area (Å²) in [6.45, 7) is -0.476. The zero-order chi connectivity index (χ0) is 17.7. The lowest BCUT2D eigenvalue weighted by Crippen LogP contribution is -2.14. The quantitative estimate of drug-likeness (QED) is 0.588. The molecule has 0 N–H and O–H groups in total. The van der Waals surface area contributed by atoms with E-state index in [-0.39, 0.29) is 27.6 Å². The van der Waals surface area contributed by atoms with Gasteiger partial charge >= 0.3 is 5.97 Å². The van der Waals surface area contributed by atoms with E-state index in [1.54, 1.807) is 0 Å². The standard InChI is InChI=1S/C17H14ClFO5/c1-22-15-8-11(7-13(18)16(15)23-2)17(21)24-9-14(20)10-3-5-12(19)6-4-10/h3-8H,9H2,1-2H3. The molecule has 0 spiro atoms. The molecule has 0 fully saturated rings. The van der Waals surface area contributed by atoms with E-state index in [9.17, 15) is 14.0 Å². The largest absolute Gasteiger partial charge is 0.493 e. The fourth-order valence-electron chi connectivity index (χ4n) is 1.97. The lowest BCUT2D eigenvalue weighted by Gasteiger charge is -2.11. The summed E-state index contributed by atoms with van der Waals surface area (Å²) in [5.41, 5.74) is 0.360. The van der Waals surface area contributed by atoms with Gasteiger partial charge in [0.05, 0.1) is 24.8 Å². The Labute approximate surface area is 142 Å². The smallest absolute Gasteiger partial charge is 0.338 e. The van der Waals surface area contributed by atoms with Crippen molar-refractivity contribution < 1.29 is 28.2 Å². The van der Waals surface area contributed by atoms with E-state index in [2.05, 4.69) is 0 Å². The molecule has 0 amide bonds. The van der Waals surface area contributed by atoms with Crippen molar-refractivity contribution in [2.75, 3.05) is 20.8 Å². The third-order valence-electron chi connectivity index (χ3n) is 3.17. The van der Waals surface area contributed by atoms with Gasteiger partial charge in [-0.25, -0.2) is 9.18 Å². The molecule has 0 aliphatic heterocycles. The first-order chi connectivity index (χ1) is 11.5. The van der Waals surface area contributed by atoms with E-state index in [0.717, 1.165) is 12.1 Å². The number of hydrogen-bond acceptors (Lipinski definition) is 5. The molecule has 126 valence electrons. The van der Waals surface area contributed by atoms with Gasteiger partial charge in [-0.1, -0.05) is 11.6 Å². The summed E-state index contributed by atoms with van der Waals surface area (Å²) < 4.78 is 28.0. The van der Waals surface area contributed by atoms with Crippen LogP contribution in [0.2, 0.25) is 5.02 Å². The number of esters is 1. The van der Waals surface area contributed by atoms with Crippen molar-refractivity contribution in [1.82, 2.24) is 0 Å². The Hall–Kier alpha value is -2.60. The number of benzene rings is 2. The fraction of sp³-hybridized carbons (Fsp3) is 0.176. The summed E-state index contributed by atoms with van der Waals surface area (Å²) in [6.07, 6.45) is 0. The maximum absolute atomic E-state index is 12.8. The Kier molecular flexibility index (Phi) is 5.76. The highest BCUT2D eigenvalue weighted by atomic mass is 35.5. The van der Waals surface area contributed by atoms with E-state index in [4.69, 9.17) is 25.8 Å². The van der Waals surface area contributed by atoms with Gasteiger partial charge in [0.2, 0.25) is 0 Å². The Morgan fingerprint density at radius 1 is 1.04 bits per heavy atom. The van der Waals surface area contributed by atoms with Crippen molar-refractivity contribution in [1.29, 1.82) is 0 Å². The van der Waals surface area contributed by atoms with Gasteiger partial charge in [-0.15, -0.1) is 0 Å². The molecule has 2 rings (SSSR count). The zero-order valence-corrected chi connectivity index (χ0v) is 13.7. The Morgan fingerprint density at radius 3 is 2.29 bits per heavy atom. The highest BCUT2D eigenvalue weighted by Gasteiger charge is 2.17. The molecule has 7 heteroatoms. The minimum atomic E-state index is -0.742. The maximum atomic E-state index is 12.8. The molecule has 5 nitrogen and oxygen atoms in total. The second kappa shape index (κ2) is 7.79. The first-order valence-electron chi connectivity index (χ1n) is 6.83. The minimum Gasteiger partial charge on any atom is -0.493 e. The summed E-state index contributed by atoms with van der Waals surface area (Å²) >= 11 is 6.02. The first-order valence-corrected chi connectivity index (χ1v) is 7.21. The molecule has 0 atom stereocenters. The van der Waals surface area contributed by atoms with Gasteiger partial charge < -0.3 is 14.2 Å². The number of rotatable bonds is 6. The lowest BCUT2D eigenvalue weighted by molar-refractivity contribution is 0.0474. The molecule has 0 saturated carbocycles. The number of methoxy groups -OCH3 is 2. The van der Waals surface area contributed by atoms with Gasteiger partial charge in [-0.05, 0) is 36.4 Å². The summed E-state index contributed by atoms with van der Waals surface area (Å²) in [4.78, 5) is 24.0. The van der Waals surface area contributed by atoms with Crippen LogP contribution in [0.25, 0.3) is 0 Å². The highest BCUT2D eigenvalue weighted by molar-refractivity contribution is 6.32. The van der Waals surface area contributed by atoms with Gasteiger partial charge in [0.15, 0.2) is 23.9 Å². The Morgan fingerprint density at radius 2 is 1.71 bits per heavy atom. The van der Waals surface area contributed by atoms with Gasteiger partial charge in [0.25, 0.3) is 0 Å². The van der Waals surface area contributed by atoms with E-state index in [1.165, 1.54) is 38.5 Å². The Bertz CT molecular complexity index is 758. The number of carbonyl (C=O) groups is 2. The van der Waals surface area contributed by atoms with Crippen LogP contribution >= 0.6 is 11.6 Å². The molecule has 0 aliphatic rings. The number of hydrogen-bond donors (Lipinski definition) is 0. The van der Waals surface area contributed by atoms with Crippen molar-refractivity contribution >= 4 is 23.4 Å². The van der Waals surface area contributed by atoms with Crippen LogP contribution in [0.5, 0.6) is 11.5 Å². The van der Waals surface area contributed by atoms with E-state index < -0.39 is 24.2 Å². The van der Waals surface area contributed by atoms with E-state index in [0.29, 0.717) is 0 Å². The average Bonchev–Trinajstić information content (AvgIpc) is 2.59. The molecule has 0 heterocycles. The number of carbonyl (C=O) groups excluding carboxylic acids is 2. The van der Waals surface area contributed by atoms with Gasteiger partial charge in [0, 0.05) is 5.56 Å². The van der Waals surface area contributed by atoms with Crippen LogP contribution in [0.1, 0.15) is 20.7 Å². The summed E-state index contributed by atoms with van der Waals surface area (Å²) in [7, 11) is 2.82. The number of ether oxygens (including phenoxy) is 3. The Balaban J connectivity index is 2.08. The molecule has 0 aliphatic carbocycles. The van der Waals surface area contributed by atoms with Crippen LogP contribution < -0.4 is 9.47 Å². The average molecular weight is 353 g/mol. The third kappa shape index (κ3) is 4.02. The molecule has 0 aromatic heterocycles. The first kappa shape index (κ1) is 17.7. The zero-order valence-electron chi connectivity index (χ0n) is 13.0. The van der Waals surface area contributed by atoms with E-state index in [1.807, 2.05) is 0 Å². The van der Waals surface area contributed by atoms with Gasteiger partial charge in [-0.2, -0.15) is 0 Å². The van der Waals surface area contributed by atoms with Crippen molar-refractivity contribution in [3.8, 4) is 11.5 Å². The summed E-state index contributed by atoms with van der Waals surface area (Å²) in [5, 5.41) is 0.175. The maximum Gasteiger partial charge on any atom is 0.338 e. The molecule has 0 radical (unpaired) electrons. The molecule has 0 unspecified atom stereocenters. The van der Waals surface area contributed by atoms with Crippen molar-refractivity contribution in [2.45, 2.75) is 0 Å². The number of Topliss-reactive ketones (excluding diaryl/α,β-unsaturated/α-hetero) is 1. The van der Waals surface area contributed by atoms with Crippen molar-refractivity contribution in [3.05, 3.63) is 58.4 Å². The molecule has 24 heavy (non-hydrogen) atoms. The highest BCUT2D eigenvalue weighted by Crippen LogP contribution is 2.36. The topological polar surface area (TPSA) is 61.8 Å². The number of halogens is 2. The van der Waals surface area contributed by atoms with Crippen LogP contribution in [0.4, 0.5) is 4.39 Å². The van der Waals surface area contributed by atoms with Crippen molar-refractivity contribution in [3.63, 3.8) is 0 Å². The van der Waals surface area contributed by atoms with Crippen molar-refractivity contribution in [2.24, 2.45) is 0 Å². The van der Waals surface area contributed by atoms with Crippen LogP contribution in [0.15, 0.2) is 36.4 Å². The monoisotopic (exact) mass is 352 g/mol. The fourth-order valence-corrected chi connectivity index (χ4v) is 2.26. The molecular formula is C17H14ClFO5. The van der Waals surface area contributed by atoms with Crippen LogP contribution in [0.3, 0.4) is 0 Å². The molecule has 2 aromatic rings. The van der Waals surface area contributed by atoms with Crippen LogP contribution in [-0.2, 0) is 4.74 Å². The molecule has 0 saturated heterocycles. The van der Waals surface area contributed by atoms with Gasteiger partial charge in [0.1, 0.15) is 5.82 Å². The SMILES string of the molecule is COc1cc(C(=O)OCC(=O)c2ccc(F)cc2)cc(Cl)c1OC.